The number of carboxylic acid groups (broad SMARTS) is 1. The third-order valence-electron chi connectivity index (χ3n) is 3.53. The predicted octanol–water partition coefficient (Wildman–Crippen LogP) is 0.539. The first kappa shape index (κ1) is 15.7. The average Bonchev–Trinajstić information content (AvgIpc) is 2.95. The molecule has 1 aliphatic rings. The van der Waals surface area contributed by atoms with E-state index in [1.54, 1.807) is 0 Å². The molecule has 1 heterocycles. The van der Waals surface area contributed by atoms with Crippen LogP contribution >= 0.6 is 0 Å². The van der Waals surface area contributed by atoms with Gasteiger partial charge in [-0.05, 0) is 31.0 Å². The van der Waals surface area contributed by atoms with Crippen LogP contribution in [0.2, 0.25) is 0 Å². The fraction of sp³-hybridized carbons (Fsp3) is 0.462. The highest BCUT2D eigenvalue weighted by molar-refractivity contribution is 7.89. The first-order valence-corrected chi connectivity index (χ1v) is 7.90. The molecule has 1 fully saturated rings. The lowest BCUT2D eigenvalue weighted by Crippen LogP contribution is -2.37. The van der Waals surface area contributed by atoms with Crippen LogP contribution in [-0.4, -0.2) is 55.2 Å². The maximum absolute atomic E-state index is 12.7. The molecule has 0 bridgehead atoms. The van der Waals surface area contributed by atoms with E-state index in [-0.39, 0.29) is 22.8 Å². The molecule has 7 nitrogen and oxygen atoms in total. The van der Waals surface area contributed by atoms with Gasteiger partial charge in [0, 0.05) is 12.6 Å². The molecule has 0 unspecified atom stereocenters. The van der Waals surface area contributed by atoms with E-state index in [4.69, 9.17) is 9.84 Å². The third kappa shape index (κ3) is 2.87. The highest BCUT2D eigenvalue weighted by Gasteiger charge is 2.36. The molecule has 21 heavy (non-hydrogen) atoms. The van der Waals surface area contributed by atoms with Gasteiger partial charge in [-0.1, -0.05) is 0 Å². The summed E-state index contributed by atoms with van der Waals surface area (Å²) < 4.78 is 31.6. The molecular weight excluding hydrogens is 298 g/mol. The number of carbonyl (C=O) groups is 1. The minimum atomic E-state index is -3.91. The number of benzene rings is 1. The summed E-state index contributed by atoms with van der Waals surface area (Å²) in [5, 5.41) is 18.3. The SMILES string of the molecule is COc1ccc(C(=O)O)cc1S(=O)(=O)N1CCC[C@@H]1CO. The molecule has 8 heteroatoms. The summed E-state index contributed by atoms with van der Waals surface area (Å²) in [5.74, 6) is -1.13. The summed E-state index contributed by atoms with van der Waals surface area (Å²) in [4.78, 5) is 10.8. The Hall–Kier alpha value is -1.64. The van der Waals surface area contributed by atoms with Crippen LogP contribution in [-0.2, 0) is 10.0 Å². The maximum atomic E-state index is 12.7. The van der Waals surface area contributed by atoms with Gasteiger partial charge < -0.3 is 14.9 Å². The predicted molar refractivity (Wildman–Crippen MR) is 74.0 cm³/mol. The highest BCUT2D eigenvalue weighted by Crippen LogP contribution is 2.32. The van der Waals surface area contributed by atoms with Crippen molar-refractivity contribution >= 4 is 16.0 Å². The zero-order valence-electron chi connectivity index (χ0n) is 11.5. The van der Waals surface area contributed by atoms with Crippen LogP contribution < -0.4 is 4.74 Å². The van der Waals surface area contributed by atoms with Crippen molar-refractivity contribution in [2.75, 3.05) is 20.3 Å². The normalized spacial score (nSPS) is 19.6. The van der Waals surface area contributed by atoms with Gasteiger partial charge >= 0.3 is 5.97 Å². The minimum absolute atomic E-state index is 0.0867. The topological polar surface area (TPSA) is 104 Å². The molecule has 2 N–H and O–H groups in total. The summed E-state index contributed by atoms with van der Waals surface area (Å²) in [6.45, 7) is 0.0359. The number of hydrogen-bond acceptors (Lipinski definition) is 5. The summed E-state index contributed by atoms with van der Waals surface area (Å²) in [6, 6.07) is 3.21. The lowest BCUT2D eigenvalue weighted by atomic mass is 10.2. The molecule has 0 aromatic heterocycles. The maximum Gasteiger partial charge on any atom is 0.335 e. The fourth-order valence-electron chi connectivity index (χ4n) is 2.45. The van der Waals surface area contributed by atoms with E-state index in [1.807, 2.05) is 0 Å². The van der Waals surface area contributed by atoms with Gasteiger partial charge in [0.05, 0.1) is 19.3 Å². The summed E-state index contributed by atoms with van der Waals surface area (Å²) in [5.41, 5.74) is -0.130. The van der Waals surface area contributed by atoms with Crippen LogP contribution in [0.25, 0.3) is 0 Å². The van der Waals surface area contributed by atoms with Crippen LogP contribution in [0.5, 0.6) is 5.75 Å². The standard InChI is InChI=1S/C13H17NO6S/c1-20-11-5-4-9(13(16)17)7-12(11)21(18,19)14-6-2-3-10(14)8-15/h4-5,7,10,15H,2-3,6,8H2,1H3,(H,16,17)/t10-/m1/s1. The number of rotatable bonds is 5. The van der Waals surface area contributed by atoms with Crippen molar-refractivity contribution in [1.82, 2.24) is 4.31 Å². The van der Waals surface area contributed by atoms with Gasteiger partial charge in [-0.3, -0.25) is 0 Å². The van der Waals surface area contributed by atoms with E-state index in [1.165, 1.54) is 23.5 Å². The van der Waals surface area contributed by atoms with Crippen molar-refractivity contribution in [3.63, 3.8) is 0 Å². The van der Waals surface area contributed by atoms with E-state index in [0.29, 0.717) is 19.4 Å². The second-order valence-corrected chi connectivity index (χ2v) is 6.62. The molecular formula is C13H17NO6S. The molecule has 0 aliphatic carbocycles. The Morgan fingerprint density at radius 3 is 2.76 bits per heavy atom. The van der Waals surface area contributed by atoms with E-state index >= 15 is 0 Å². The van der Waals surface area contributed by atoms with Crippen molar-refractivity contribution in [2.24, 2.45) is 0 Å². The molecule has 116 valence electrons. The Balaban J connectivity index is 2.52. The molecule has 1 aromatic carbocycles. The molecule has 1 aliphatic heterocycles. The molecule has 0 spiro atoms. The van der Waals surface area contributed by atoms with E-state index in [2.05, 4.69) is 0 Å². The number of carboxylic acids is 1. The lowest BCUT2D eigenvalue weighted by Gasteiger charge is -2.23. The number of nitrogens with zero attached hydrogens (tertiary/aromatic N) is 1. The largest absolute Gasteiger partial charge is 0.495 e. The number of aliphatic hydroxyl groups is 1. The van der Waals surface area contributed by atoms with Crippen molar-refractivity contribution in [3.8, 4) is 5.75 Å². The van der Waals surface area contributed by atoms with Gasteiger partial charge in [0.2, 0.25) is 10.0 Å². The van der Waals surface area contributed by atoms with E-state index < -0.39 is 22.0 Å². The van der Waals surface area contributed by atoms with Gasteiger partial charge in [0.1, 0.15) is 10.6 Å². The second-order valence-electron chi connectivity index (χ2n) is 4.77. The first-order chi connectivity index (χ1) is 9.91. The molecule has 0 amide bonds. The molecule has 2 rings (SSSR count). The van der Waals surface area contributed by atoms with Crippen molar-refractivity contribution in [1.29, 1.82) is 0 Å². The zero-order chi connectivity index (χ0) is 15.6. The van der Waals surface area contributed by atoms with Crippen molar-refractivity contribution in [3.05, 3.63) is 23.8 Å². The highest BCUT2D eigenvalue weighted by atomic mass is 32.2. The van der Waals surface area contributed by atoms with Crippen LogP contribution in [0.3, 0.4) is 0 Å². The number of aliphatic hydroxyl groups excluding tert-OH is 1. The van der Waals surface area contributed by atoms with E-state index in [0.717, 1.165) is 6.07 Å². The number of hydrogen-bond donors (Lipinski definition) is 2. The number of ether oxygens (including phenoxy) is 1. The molecule has 1 aromatic rings. The number of aromatic carboxylic acids is 1. The first-order valence-electron chi connectivity index (χ1n) is 6.46. The lowest BCUT2D eigenvalue weighted by molar-refractivity contribution is 0.0696. The smallest absolute Gasteiger partial charge is 0.335 e. The summed E-state index contributed by atoms with van der Waals surface area (Å²) in [6.07, 6.45) is 1.24. The van der Waals surface area contributed by atoms with Crippen LogP contribution in [0, 0.1) is 0 Å². The second kappa shape index (κ2) is 6.00. The Kier molecular flexibility index (Phi) is 4.50. The molecule has 0 radical (unpaired) electrons. The third-order valence-corrected chi connectivity index (χ3v) is 5.50. The van der Waals surface area contributed by atoms with Gasteiger partial charge in [0.15, 0.2) is 0 Å². The Morgan fingerprint density at radius 1 is 1.48 bits per heavy atom. The fourth-order valence-corrected chi connectivity index (χ4v) is 4.31. The molecule has 1 saturated heterocycles. The number of methoxy groups -OCH3 is 1. The van der Waals surface area contributed by atoms with Gasteiger partial charge in [-0.25, -0.2) is 13.2 Å². The minimum Gasteiger partial charge on any atom is -0.495 e. The van der Waals surface area contributed by atoms with Crippen molar-refractivity contribution < 1.29 is 28.2 Å². The quantitative estimate of drug-likeness (QED) is 0.822. The Labute approximate surface area is 122 Å². The van der Waals surface area contributed by atoms with E-state index in [9.17, 15) is 18.3 Å². The van der Waals surface area contributed by atoms with Gasteiger partial charge in [-0.15, -0.1) is 0 Å². The summed E-state index contributed by atoms with van der Waals surface area (Å²) >= 11 is 0. The molecule has 1 atom stereocenters. The monoisotopic (exact) mass is 315 g/mol. The molecule has 0 saturated carbocycles. The van der Waals surface area contributed by atoms with Gasteiger partial charge in [-0.2, -0.15) is 4.31 Å². The zero-order valence-corrected chi connectivity index (χ0v) is 12.3. The van der Waals surface area contributed by atoms with Crippen molar-refractivity contribution in [2.45, 2.75) is 23.8 Å². The Morgan fingerprint density at radius 2 is 2.19 bits per heavy atom. The van der Waals surface area contributed by atoms with Gasteiger partial charge in [0.25, 0.3) is 0 Å². The summed E-state index contributed by atoms with van der Waals surface area (Å²) in [7, 11) is -2.59. The number of sulfonamides is 1. The average molecular weight is 315 g/mol. The van der Waals surface area contributed by atoms with Crippen LogP contribution in [0.4, 0.5) is 0 Å². The van der Waals surface area contributed by atoms with Crippen LogP contribution in [0.15, 0.2) is 23.1 Å². The van der Waals surface area contributed by atoms with Crippen LogP contribution in [0.1, 0.15) is 23.2 Å². The Bertz CT molecular complexity index is 642.